The molecule has 1 aromatic carbocycles. The third-order valence-corrected chi connectivity index (χ3v) is 5.36. The molecule has 2 aromatic rings. The van der Waals surface area contributed by atoms with Crippen molar-refractivity contribution in [2.75, 3.05) is 13.2 Å². The van der Waals surface area contributed by atoms with Crippen molar-refractivity contribution in [2.24, 2.45) is 5.73 Å². The van der Waals surface area contributed by atoms with Crippen LogP contribution < -0.4 is 5.73 Å². The maximum Gasteiger partial charge on any atom is 0.0897 e. The molecule has 3 rings (SSSR count). The van der Waals surface area contributed by atoms with Gasteiger partial charge in [-0.1, -0.05) is 30.3 Å². The van der Waals surface area contributed by atoms with Gasteiger partial charge in [-0.15, -0.1) is 11.3 Å². The number of benzene rings is 1. The molecular weight excluding hydrogens is 280 g/mol. The van der Waals surface area contributed by atoms with Crippen LogP contribution in [0.5, 0.6) is 0 Å². The molecule has 1 atom stereocenters. The SMILES string of the molecule is Cc1nc(CC(N)C2(c3ccccc3)CCOCC2)cs1. The summed E-state index contributed by atoms with van der Waals surface area (Å²) in [6.45, 7) is 3.62. The maximum atomic E-state index is 6.67. The second kappa shape index (κ2) is 6.26. The molecule has 2 N–H and O–H groups in total. The number of ether oxygens (including phenoxy) is 1. The Morgan fingerprint density at radius 2 is 2.00 bits per heavy atom. The Balaban J connectivity index is 1.88. The van der Waals surface area contributed by atoms with E-state index in [9.17, 15) is 0 Å². The number of thiazole rings is 1. The Morgan fingerprint density at radius 3 is 2.62 bits per heavy atom. The lowest BCUT2D eigenvalue weighted by molar-refractivity contribution is 0.0399. The predicted octanol–water partition coefficient (Wildman–Crippen LogP) is 3.07. The second-order valence-corrected chi connectivity index (χ2v) is 6.87. The fourth-order valence-electron chi connectivity index (χ4n) is 3.30. The average Bonchev–Trinajstić information content (AvgIpc) is 2.94. The van der Waals surface area contributed by atoms with Crippen LogP contribution in [-0.4, -0.2) is 24.2 Å². The number of aromatic nitrogens is 1. The number of nitrogens with zero attached hydrogens (tertiary/aromatic N) is 1. The Labute approximate surface area is 130 Å². The highest BCUT2D eigenvalue weighted by molar-refractivity contribution is 7.09. The third-order valence-electron chi connectivity index (χ3n) is 4.54. The van der Waals surface area contributed by atoms with Gasteiger partial charge >= 0.3 is 0 Å². The highest BCUT2D eigenvalue weighted by atomic mass is 32.1. The summed E-state index contributed by atoms with van der Waals surface area (Å²) in [4.78, 5) is 4.58. The van der Waals surface area contributed by atoms with Crippen LogP contribution in [0.3, 0.4) is 0 Å². The van der Waals surface area contributed by atoms with Crippen LogP contribution in [-0.2, 0) is 16.6 Å². The molecule has 3 nitrogen and oxygen atoms in total. The normalized spacial score (nSPS) is 19.3. The van der Waals surface area contributed by atoms with E-state index in [4.69, 9.17) is 10.5 Å². The third kappa shape index (κ3) is 3.03. The van der Waals surface area contributed by atoms with Gasteiger partial charge in [-0.2, -0.15) is 0 Å². The first-order valence-electron chi connectivity index (χ1n) is 7.50. The van der Waals surface area contributed by atoms with Crippen molar-refractivity contribution in [2.45, 2.75) is 37.6 Å². The smallest absolute Gasteiger partial charge is 0.0897 e. The van der Waals surface area contributed by atoms with Gasteiger partial charge in [-0.3, -0.25) is 0 Å². The first-order valence-corrected chi connectivity index (χ1v) is 8.38. The van der Waals surface area contributed by atoms with Crippen LogP contribution in [0.2, 0.25) is 0 Å². The highest BCUT2D eigenvalue weighted by Crippen LogP contribution is 2.38. The standard InChI is InChI=1S/C17H22N2OS/c1-13-19-15(12-21-13)11-16(18)17(7-9-20-10-8-17)14-5-3-2-4-6-14/h2-6,12,16H,7-11,18H2,1H3. The number of hydrogen-bond acceptors (Lipinski definition) is 4. The number of nitrogens with two attached hydrogens (primary N) is 1. The fourth-order valence-corrected chi connectivity index (χ4v) is 3.93. The zero-order valence-corrected chi connectivity index (χ0v) is 13.2. The first-order chi connectivity index (χ1) is 10.2. The van der Waals surface area contributed by atoms with Crippen LogP contribution in [0.1, 0.15) is 29.1 Å². The topological polar surface area (TPSA) is 48.1 Å². The van der Waals surface area contributed by atoms with Gasteiger partial charge in [-0.25, -0.2) is 4.98 Å². The molecule has 1 aliphatic rings. The molecule has 0 saturated carbocycles. The van der Waals surface area contributed by atoms with E-state index in [-0.39, 0.29) is 11.5 Å². The summed E-state index contributed by atoms with van der Waals surface area (Å²) in [5, 5.41) is 3.24. The van der Waals surface area contributed by atoms with Gasteiger partial charge in [0.2, 0.25) is 0 Å². The molecule has 2 heterocycles. The van der Waals surface area contributed by atoms with Gasteiger partial charge in [0.15, 0.2) is 0 Å². The molecule has 1 aromatic heterocycles. The Bertz CT molecular complexity index is 575. The molecule has 21 heavy (non-hydrogen) atoms. The number of aryl methyl sites for hydroxylation is 1. The second-order valence-electron chi connectivity index (χ2n) is 5.80. The summed E-state index contributed by atoms with van der Waals surface area (Å²) in [6, 6.07) is 10.8. The van der Waals surface area contributed by atoms with Crippen molar-refractivity contribution in [1.82, 2.24) is 4.98 Å². The minimum Gasteiger partial charge on any atom is -0.381 e. The Kier molecular flexibility index (Phi) is 4.38. The Hall–Kier alpha value is -1.23. The van der Waals surface area contributed by atoms with E-state index in [0.29, 0.717) is 0 Å². The quantitative estimate of drug-likeness (QED) is 0.944. The van der Waals surface area contributed by atoms with Crippen molar-refractivity contribution in [3.05, 3.63) is 52.0 Å². The minimum absolute atomic E-state index is 0.0109. The van der Waals surface area contributed by atoms with Crippen molar-refractivity contribution in [1.29, 1.82) is 0 Å². The van der Waals surface area contributed by atoms with E-state index in [0.717, 1.165) is 43.2 Å². The van der Waals surface area contributed by atoms with E-state index in [2.05, 4.69) is 40.7 Å². The zero-order valence-electron chi connectivity index (χ0n) is 12.4. The van der Waals surface area contributed by atoms with Crippen LogP contribution in [0.15, 0.2) is 35.7 Å². The summed E-state index contributed by atoms with van der Waals surface area (Å²) in [5.41, 5.74) is 9.13. The molecule has 1 unspecified atom stereocenters. The van der Waals surface area contributed by atoms with Crippen LogP contribution >= 0.6 is 11.3 Å². The lowest BCUT2D eigenvalue weighted by atomic mass is 9.68. The molecule has 1 fully saturated rings. The average molecular weight is 302 g/mol. The molecule has 0 amide bonds. The fraction of sp³-hybridized carbons (Fsp3) is 0.471. The predicted molar refractivity (Wildman–Crippen MR) is 86.7 cm³/mol. The summed E-state index contributed by atoms with van der Waals surface area (Å²) in [5.74, 6) is 0. The van der Waals surface area contributed by atoms with Crippen molar-refractivity contribution in [3.8, 4) is 0 Å². The van der Waals surface area contributed by atoms with E-state index in [1.54, 1.807) is 11.3 Å². The van der Waals surface area contributed by atoms with E-state index in [1.807, 2.05) is 6.92 Å². The van der Waals surface area contributed by atoms with Gasteiger partial charge < -0.3 is 10.5 Å². The molecule has 1 aliphatic heterocycles. The monoisotopic (exact) mass is 302 g/mol. The molecule has 0 bridgehead atoms. The van der Waals surface area contributed by atoms with Gasteiger partial charge in [0.05, 0.1) is 10.7 Å². The minimum atomic E-state index is 0.0109. The molecule has 1 saturated heterocycles. The van der Waals surface area contributed by atoms with Gasteiger partial charge in [0.25, 0.3) is 0 Å². The summed E-state index contributed by atoms with van der Waals surface area (Å²) < 4.78 is 5.58. The van der Waals surface area contributed by atoms with Crippen molar-refractivity contribution in [3.63, 3.8) is 0 Å². The van der Waals surface area contributed by atoms with E-state index < -0.39 is 0 Å². The maximum absolute atomic E-state index is 6.67. The van der Waals surface area contributed by atoms with Crippen LogP contribution in [0.4, 0.5) is 0 Å². The zero-order chi connectivity index (χ0) is 14.7. The van der Waals surface area contributed by atoms with E-state index in [1.165, 1.54) is 5.56 Å². The Morgan fingerprint density at radius 1 is 1.29 bits per heavy atom. The molecule has 0 spiro atoms. The number of hydrogen-bond donors (Lipinski definition) is 1. The molecule has 0 radical (unpaired) electrons. The van der Waals surface area contributed by atoms with Crippen LogP contribution in [0.25, 0.3) is 0 Å². The summed E-state index contributed by atoms with van der Waals surface area (Å²) in [7, 11) is 0. The largest absolute Gasteiger partial charge is 0.381 e. The lowest BCUT2D eigenvalue weighted by Gasteiger charge is -2.42. The van der Waals surface area contributed by atoms with Gasteiger partial charge in [0.1, 0.15) is 0 Å². The number of rotatable bonds is 4. The molecule has 112 valence electrons. The molecular formula is C17H22N2OS. The highest BCUT2D eigenvalue weighted by Gasteiger charge is 2.40. The summed E-state index contributed by atoms with van der Waals surface area (Å²) in [6.07, 6.45) is 2.81. The van der Waals surface area contributed by atoms with Crippen LogP contribution in [0, 0.1) is 6.92 Å². The van der Waals surface area contributed by atoms with Crippen molar-refractivity contribution >= 4 is 11.3 Å². The lowest BCUT2D eigenvalue weighted by Crippen LogP contribution is -2.50. The first kappa shape index (κ1) is 14.7. The molecule has 0 aliphatic carbocycles. The van der Waals surface area contributed by atoms with Gasteiger partial charge in [0, 0.05) is 36.5 Å². The van der Waals surface area contributed by atoms with Crippen molar-refractivity contribution < 1.29 is 4.74 Å². The van der Waals surface area contributed by atoms with E-state index >= 15 is 0 Å². The van der Waals surface area contributed by atoms with Gasteiger partial charge in [-0.05, 0) is 25.3 Å². The summed E-state index contributed by atoms with van der Waals surface area (Å²) >= 11 is 1.70. The molecule has 4 heteroatoms.